The summed E-state index contributed by atoms with van der Waals surface area (Å²) in [5, 5.41) is 1.03. The van der Waals surface area contributed by atoms with E-state index in [-0.39, 0.29) is 0 Å². The quantitative estimate of drug-likeness (QED) is 0.504. The molecule has 0 radical (unpaired) electrons. The Bertz CT molecular complexity index is 1130. The summed E-state index contributed by atoms with van der Waals surface area (Å²) in [6.07, 6.45) is 6.86. The van der Waals surface area contributed by atoms with Gasteiger partial charge in [-0.25, -0.2) is 9.97 Å². The van der Waals surface area contributed by atoms with E-state index in [0.29, 0.717) is 17.8 Å². The molecule has 0 spiro atoms. The van der Waals surface area contributed by atoms with Gasteiger partial charge in [0.1, 0.15) is 5.75 Å². The zero-order valence-corrected chi connectivity index (χ0v) is 15.4. The van der Waals surface area contributed by atoms with Crippen LogP contribution in [0, 0.1) is 0 Å². The van der Waals surface area contributed by atoms with E-state index in [1.807, 2.05) is 42.5 Å². The van der Waals surface area contributed by atoms with Crippen LogP contribution in [0.3, 0.4) is 0 Å². The molecule has 0 saturated heterocycles. The highest BCUT2D eigenvalue weighted by atomic mass is 16.5. The summed E-state index contributed by atoms with van der Waals surface area (Å²) in [5.41, 5.74) is 17.2. The van der Waals surface area contributed by atoms with Crippen molar-refractivity contribution in [1.29, 1.82) is 0 Å². The van der Waals surface area contributed by atoms with Crippen molar-refractivity contribution in [2.24, 2.45) is 0 Å². The fourth-order valence-electron chi connectivity index (χ4n) is 3.78. The van der Waals surface area contributed by atoms with Crippen molar-refractivity contribution < 1.29 is 4.74 Å². The molecule has 1 saturated carbocycles. The number of nitrogens with two attached hydrogens (primary N) is 2. The summed E-state index contributed by atoms with van der Waals surface area (Å²) in [6.45, 7) is 0. The van der Waals surface area contributed by atoms with Gasteiger partial charge in [-0.3, -0.25) is 0 Å². The number of fused-ring (bicyclic) bond motifs is 1. The lowest BCUT2D eigenvalue weighted by Crippen LogP contribution is -2.17. The van der Waals surface area contributed by atoms with E-state index < -0.39 is 0 Å². The Morgan fingerprint density at radius 1 is 0.964 bits per heavy atom. The van der Waals surface area contributed by atoms with Crippen molar-refractivity contribution in [2.45, 2.75) is 25.3 Å². The van der Waals surface area contributed by atoms with Crippen LogP contribution in [0.2, 0.25) is 0 Å². The first-order chi connectivity index (χ1) is 13.7. The SMILES string of the molecule is Nc1ccc(-c2c(N)c3ccc(Oc4ncccn4)cc3n2C2CCC2)cc1. The summed E-state index contributed by atoms with van der Waals surface area (Å²) in [5.74, 6) is 0.695. The highest BCUT2D eigenvalue weighted by Crippen LogP contribution is 2.45. The number of benzene rings is 2. The number of nitrogens with zero attached hydrogens (tertiary/aromatic N) is 3. The monoisotopic (exact) mass is 371 g/mol. The van der Waals surface area contributed by atoms with Crippen LogP contribution in [0.1, 0.15) is 25.3 Å². The normalized spacial score (nSPS) is 14.1. The van der Waals surface area contributed by atoms with Crippen LogP contribution in [0.25, 0.3) is 22.2 Å². The van der Waals surface area contributed by atoms with Gasteiger partial charge in [0.15, 0.2) is 0 Å². The lowest BCUT2D eigenvalue weighted by atomic mass is 9.92. The molecule has 0 amide bonds. The van der Waals surface area contributed by atoms with Crippen molar-refractivity contribution in [3.63, 3.8) is 0 Å². The van der Waals surface area contributed by atoms with Gasteiger partial charge in [-0.2, -0.15) is 0 Å². The first kappa shape index (κ1) is 16.6. The Kier molecular flexibility index (Phi) is 3.90. The molecule has 0 aliphatic heterocycles. The van der Waals surface area contributed by atoms with Gasteiger partial charge in [0.25, 0.3) is 0 Å². The molecule has 0 unspecified atom stereocenters. The van der Waals surface area contributed by atoms with Gasteiger partial charge in [-0.1, -0.05) is 12.1 Å². The summed E-state index contributed by atoms with van der Waals surface area (Å²) < 4.78 is 8.21. The fourth-order valence-corrected chi connectivity index (χ4v) is 3.78. The predicted molar refractivity (Wildman–Crippen MR) is 111 cm³/mol. The Hall–Kier alpha value is -3.54. The number of aromatic nitrogens is 3. The van der Waals surface area contributed by atoms with E-state index in [0.717, 1.165) is 46.4 Å². The number of anilines is 2. The molecule has 0 bridgehead atoms. The summed E-state index contributed by atoms with van der Waals surface area (Å²) in [4.78, 5) is 8.28. The Balaban J connectivity index is 1.67. The van der Waals surface area contributed by atoms with Crippen LogP contribution in [-0.4, -0.2) is 14.5 Å². The second kappa shape index (κ2) is 6.56. The summed E-state index contributed by atoms with van der Waals surface area (Å²) in [6, 6.07) is 16.4. The van der Waals surface area contributed by atoms with Crippen LogP contribution in [0.4, 0.5) is 11.4 Å². The third-order valence-corrected chi connectivity index (χ3v) is 5.39. The molecule has 1 aliphatic rings. The minimum atomic E-state index is 0.329. The Morgan fingerprint density at radius 2 is 1.71 bits per heavy atom. The average molecular weight is 371 g/mol. The number of rotatable bonds is 4. The summed E-state index contributed by atoms with van der Waals surface area (Å²) in [7, 11) is 0. The van der Waals surface area contributed by atoms with E-state index in [2.05, 4.69) is 14.5 Å². The molecule has 2 heterocycles. The van der Waals surface area contributed by atoms with Crippen LogP contribution >= 0.6 is 0 Å². The minimum absolute atomic E-state index is 0.329. The molecule has 1 aliphatic carbocycles. The van der Waals surface area contributed by atoms with Crippen LogP contribution in [-0.2, 0) is 0 Å². The smallest absolute Gasteiger partial charge is 0.321 e. The summed E-state index contributed by atoms with van der Waals surface area (Å²) >= 11 is 0. The van der Waals surface area contributed by atoms with Gasteiger partial charge < -0.3 is 20.8 Å². The molecule has 6 heteroatoms. The third-order valence-electron chi connectivity index (χ3n) is 5.39. The maximum atomic E-state index is 6.61. The van der Waals surface area contributed by atoms with E-state index in [1.54, 1.807) is 18.5 Å². The lowest BCUT2D eigenvalue weighted by molar-refractivity contribution is 0.324. The molecule has 5 rings (SSSR count). The van der Waals surface area contributed by atoms with Gasteiger partial charge in [0.05, 0.1) is 16.9 Å². The van der Waals surface area contributed by atoms with Gasteiger partial charge in [-0.15, -0.1) is 0 Å². The standard InChI is InChI=1S/C22H21N5O/c23-15-7-5-14(6-8-15)21-20(24)18-10-9-17(28-22-25-11-2-12-26-22)13-19(18)27(21)16-3-1-4-16/h2,5-13,16H,1,3-4,23-24H2. The van der Waals surface area contributed by atoms with Crippen molar-refractivity contribution in [2.75, 3.05) is 11.5 Å². The molecule has 1 fully saturated rings. The number of nitrogen functional groups attached to an aromatic ring is 2. The molecular weight excluding hydrogens is 350 g/mol. The van der Waals surface area contributed by atoms with E-state index in [4.69, 9.17) is 16.2 Å². The van der Waals surface area contributed by atoms with Crippen molar-refractivity contribution >= 4 is 22.3 Å². The van der Waals surface area contributed by atoms with Crippen LogP contribution in [0.5, 0.6) is 11.8 Å². The second-order valence-electron chi connectivity index (χ2n) is 7.15. The van der Waals surface area contributed by atoms with Crippen molar-refractivity contribution in [1.82, 2.24) is 14.5 Å². The maximum Gasteiger partial charge on any atom is 0.321 e. The Morgan fingerprint density at radius 3 is 2.39 bits per heavy atom. The molecule has 2 aromatic carbocycles. The van der Waals surface area contributed by atoms with Gasteiger partial charge in [0, 0.05) is 41.1 Å². The van der Waals surface area contributed by atoms with Crippen molar-refractivity contribution in [3.8, 4) is 23.0 Å². The van der Waals surface area contributed by atoms with E-state index in [1.165, 1.54) is 6.42 Å². The predicted octanol–water partition coefficient (Wildman–Crippen LogP) is 4.78. The van der Waals surface area contributed by atoms with Crippen LogP contribution < -0.4 is 16.2 Å². The highest BCUT2D eigenvalue weighted by Gasteiger charge is 2.27. The van der Waals surface area contributed by atoms with Gasteiger partial charge >= 0.3 is 6.01 Å². The molecule has 2 aromatic heterocycles. The fraction of sp³-hybridized carbons (Fsp3) is 0.182. The molecule has 4 N–H and O–H groups in total. The van der Waals surface area contributed by atoms with Gasteiger partial charge in [0.2, 0.25) is 0 Å². The maximum absolute atomic E-state index is 6.61. The molecule has 28 heavy (non-hydrogen) atoms. The topological polar surface area (TPSA) is 92.0 Å². The average Bonchev–Trinajstić information content (AvgIpc) is 2.94. The van der Waals surface area contributed by atoms with E-state index in [9.17, 15) is 0 Å². The van der Waals surface area contributed by atoms with Gasteiger partial charge in [-0.05, 0) is 49.6 Å². The highest BCUT2D eigenvalue weighted by molar-refractivity contribution is 6.01. The Labute approximate surface area is 162 Å². The number of hydrogen-bond acceptors (Lipinski definition) is 5. The first-order valence-corrected chi connectivity index (χ1v) is 9.45. The largest absolute Gasteiger partial charge is 0.424 e. The number of ether oxygens (including phenoxy) is 1. The molecule has 0 atom stereocenters. The zero-order valence-electron chi connectivity index (χ0n) is 15.4. The second-order valence-corrected chi connectivity index (χ2v) is 7.15. The van der Waals surface area contributed by atoms with Crippen molar-refractivity contribution in [3.05, 3.63) is 60.9 Å². The first-order valence-electron chi connectivity index (χ1n) is 9.45. The molecule has 4 aromatic rings. The van der Waals surface area contributed by atoms with E-state index >= 15 is 0 Å². The molecular formula is C22H21N5O. The zero-order chi connectivity index (χ0) is 19.1. The van der Waals surface area contributed by atoms with Crippen LogP contribution in [0.15, 0.2) is 60.9 Å². The number of hydrogen-bond donors (Lipinski definition) is 2. The molecule has 140 valence electrons. The third kappa shape index (κ3) is 2.74. The minimum Gasteiger partial charge on any atom is -0.424 e. The lowest BCUT2D eigenvalue weighted by Gasteiger charge is -2.30. The molecule has 6 nitrogen and oxygen atoms in total.